The van der Waals surface area contributed by atoms with Gasteiger partial charge in [0.1, 0.15) is 5.82 Å². The van der Waals surface area contributed by atoms with Crippen molar-refractivity contribution in [1.29, 1.82) is 0 Å². The predicted molar refractivity (Wildman–Crippen MR) is 86.7 cm³/mol. The summed E-state index contributed by atoms with van der Waals surface area (Å²) in [5.74, 6) is 1.45. The minimum absolute atomic E-state index is 0.713. The van der Waals surface area contributed by atoms with E-state index in [1.807, 2.05) is 43.4 Å². The van der Waals surface area contributed by atoms with Gasteiger partial charge in [0.15, 0.2) is 5.82 Å². The average Bonchev–Trinajstić information content (AvgIpc) is 2.56. The standard InChI is InChI=1S/C17H16N4/c1-18-16-11-19-12-17(21-16)20-15-10-6-5-9-14(15)13-7-3-2-4-8-13/h2-12H,1H3,(H2,18,20,21). The Morgan fingerprint density at radius 3 is 2.33 bits per heavy atom. The fourth-order valence-electron chi connectivity index (χ4n) is 2.15. The van der Waals surface area contributed by atoms with E-state index >= 15 is 0 Å². The molecule has 0 amide bonds. The van der Waals surface area contributed by atoms with Gasteiger partial charge in [0.05, 0.1) is 12.4 Å². The van der Waals surface area contributed by atoms with E-state index in [1.54, 1.807) is 12.4 Å². The van der Waals surface area contributed by atoms with Gasteiger partial charge < -0.3 is 10.6 Å². The second-order valence-electron chi connectivity index (χ2n) is 4.58. The third-order valence-corrected chi connectivity index (χ3v) is 3.17. The predicted octanol–water partition coefficient (Wildman–Crippen LogP) is 3.93. The monoisotopic (exact) mass is 276 g/mol. The van der Waals surface area contributed by atoms with Crippen molar-refractivity contribution in [1.82, 2.24) is 9.97 Å². The molecular weight excluding hydrogens is 260 g/mol. The normalized spacial score (nSPS) is 10.1. The molecule has 0 aliphatic rings. The van der Waals surface area contributed by atoms with Crippen LogP contribution < -0.4 is 10.6 Å². The number of aromatic nitrogens is 2. The van der Waals surface area contributed by atoms with E-state index in [1.165, 1.54) is 5.56 Å². The van der Waals surface area contributed by atoms with Crippen LogP contribution in [0.1, 0.15) is 0 Å². The van der Waals surface area contributed by atoms with E-state index in [-0.39, 0.29) is 0 Å². The number of hydrogen-bond donors (Lipinski definition) is 2. The van der Waals surface area contributed by atoms with Gasteiger partial charge in [-0.2, -0.15) is 0 Å². The maximum atomic E-state index is 4.44. The Hall–Kier alpha value is -2.88. The molecule has 0 aliphatic carbocycles. The number of nitrogens with one attached hydrogen (secondary N) is 2. The first kappa shape index (κ1) is 13.1. The number of hydrogen-bond acceptors (Lipinski definition) is 4. The van der Waals surface area contributed by atoms with Crippen LogP contribution in [0.15, 0.2) is 67.0 Å². The third-order valence-electron chi connectivity index (χ3n) is 3.17. The van der Waals surface area contributed by atoms with Crippen LogP contribution in [0.2, 0.25) is 0 Å². The molecule has 2 aromatic carbocycles. The van der Waals surface area contributed by atoms with Crippen LogP contribution >= 0.6 is 0 Å². The number of nitrogens with zero attached hydrogens (tertiary/aromatic N) is 2. The Labute approximate surface area is 123 Å². The fourth-order valence-corrected chi connectivity index (χ4v) is 2.15. The molecule has 21 heavy (non-hydrogen) atoms. The molecule has 0 radical (unpaired) electrons. The lowest BCUT2D eigenvalue weighted by molar-refractivity contribution is 1.18. The molecule has 2 N–H and O–H groups in total. The highest BCUT2D eigenvalue weighted by Gasteiger charge is 2.05. The average molecular weight is 276 g/mol. The van der Waals surface area contributed by atoms with Crippen molar-refractivity contribution < 1.29 is 0 Å². The molecule has 4 heteroatoms. The van der Waals surface area contributed by atoms with Crippen molar-refractivity contribution in [2.24, 2.45) is 0 Å². The molecule has 0 fully saturated rings. The Morgan fingerprint density at radius 1 is 0.810 bits per heavy atom. The molecule has 1 heterocycles. The van der Waals surface area contributed by atoms with Gasteiger partial charge >= 0.3 is 0 Å². The quantitative estimate of drug-likeness (QED) is 0.758. The second-order valence-corrected chi connectivity index (χ2v) is 4.58. The van der Waals surface area contributed by atoms with Gasteiger partial charge in [0, 0.05) is 18.3 Å². The van der Waals surface area contributed by atoms with Crippen molar-refractivity contribution in [3.05, 3.63) is 67.0 Å². The van der Waals surface area contributed by atoms with Crippen molar-refractivity contribution in [2.45, 2.75) is 0 Å². The zero-order valence-corrected chi connectivity index (χ0v) is 11.7. The molecule has 4 nitrogen and oxygen atoms in total. The molecule has 1 aromatic heterocycles. The lowest BCUT2D eigenvalue weighted by Gasteiger charge is -2.12. The summed E-state index contributed by atoms with van der Waals surface area (Å²) in [7, 11) is 1.83. The summed E-state index contributed by atoms with van der Waals surface area (Å²) in [6, 6.07) is 18.4. The lowest BCUT2D eigenvalue weighted by atomic mass is 10.0. The minimum Gasteiger partial charge on any atom is -0.372 e. The smallest absolute Gasteiger partial charge is 0.151 e. The highest BCUT2D eigenvalue weighted by atomic mass is 15.1. The molecule has 0 atom stereocenters. The van der Waals surface area contributed by atoms with Gasteiger partial charge in [0.2, 0.25) is 0 Å². The van der Waals surface area contributed by atoms with Gasteiger partial charge in [-0.05, 0) is 11.6 Å². The first-order chi connectivity index (χ1) is 10.4. The molecule has 3 rings (SSSR count). The summed E-state index contributed by atoms with van der Waals surface area (Å²) in [4.78, 5) is 8.60. The van der Waals surface area contributed by atoms with Crippen molar-refractivity contribution in [3.63, 3.8) is 0 Å². The van der Waals surface area contributed by atoms with Crippen LogP contribution in [-0.4, -0.2) is 17.0 Å². The van der Waals surface area contributed by atoms with Crippen LogP contribution in [0, 0.1) is 0 Å². The molecule has 0 bridgehead atoms. The SMILES string of the molecule is CNc1cncc(Nc2ccccc2-c2ccccc2)n1. The summed E-state index contributed by atoms with van der Waals surface area (Å²) < 4.78 is 0. The van der Waals surface area contributed by atoms with Gasteiger partial charge in [-0.3, -0.25) is 4.98 Å². The Bertz CT molecular complexity index is 726. The molecular formula is C17H16N4. The number of benzene rings is 2. The first-order valence-corrected chi connectivity index (χ1v) is 6.78. The summed E-state index contributed by atoms with van der Waals surface area (Å²) in [5.41, 5.74) is 3.30. The van der Waals surface area contributed by atoms with E-state index in [2.05, 4.69) is 38.8 Å². The number of rotatable bonds is 4. The highest BCUT2D eigenvalue weighted by Crippen LogP contribution is 2.29. The lowest BCUT2D eigenvalue weighted by Crippen LogP contribution is -1.99. The zero-order chi connectivity index (χ0) is 14.5. The van der Waals surface area contributed by atoms with Crippen LogP contribution in [0.3, 0.4) is 0 Å². The van der Waals surface area contributed by atoms with Crippen LogP contribution in [-0.2, 0) is 0 Å². The summed E-state index contributed by atoms with van der Waals surface area (Å²) >= 11 is 0. The van der Waals surface area contributed by atoms with E-state index in [0.29, 0.717) is 5.82 Å². The maximum Gasteiger partial charge on any atom is 0.151 e. The van der Waals surface area contributed by atoms with Gasteiger partial charge in [-0.15, -0.1) is 0 Å². The topological polar surface area (TPSA) is 49.8 Å². The van der Waals surface area contributed by atoms with E-state index < -0.39 is 0 Å². The van der Waals surface area contributed by atoms with E-state index in [4.69, 9.17) is 0 Å². The van der Waals surface area contributed by atoms with E-state index in [0.717, 1.165) is 17.1 Å². The van der Waals surface area contributed by atoms with Crippen molar-refractivity contribution >= 4 is 17.3 Å². The largest absolute Gasteiger partial charge is 0.372 e. The molecule has 3 aromatic rings. The highest BCUT2D eigenvalue weighted by molar-refractivity contribution is 5.80. The van der Waals surface area contributed by atoms with Gasteiger partial charge in [-0.1, -0.05) is 48.5 Å². The summed E-state index contributed by atoms with van der Waals surface area (Å²) in [5, 5.41) is 6.32. The van der Waals surface area contributed by atoms with Gasteiger partial charge in [-0.25, -0.2) is 4.98 Å². The molecule has 0 saturated heterocycles. The van der Waals surface area contributed by atoms with Gasteiger partial charge in [0.25, 0.3) is 0 Å². The third kappa shape index (κ3) is 3.00. The van der Waals surface area contributed by atoms with Crippen LogP contribution in [0.25, 0.3) is 11.1 Å². The van der Waals surface area contributed by atoms with Crippen LogP contribution in [0.4, 0.5) is 17.3 Å². The van der Waals surface area contributed by atoms with Crippen LogP contribution in [0.5, 0.6) is 0 Å². The van der Waals surface area contributed by atoms with Crippen molar-refractivity contribution in [2.75, 3.05) is 17.7 Å². The molecule has 0 saturated carbocycles. The Morgan fingerprint density at radius 2 is 1.52 bits per heavy atom. The Balaban J connectivity index is 1.96. The molecule has 0 spiro atoms. The molecule has 0 unspecified atom stereocenters. The van der Waals surface area contributed by atoms with E-state index in [9.17, 15) is 0 Å². The molecule has 0 aliphatic heterocycles. The second kappa shape index (κ2) is 6.05. The first-order valence-electron chi connectivity index (χ1n) is 6.78. The molecule has 104 valence electrons. The Kier molecular flexibility index (Phi) is 3.78. The zero-order valence-electron chi connectivity index (χ0n) is 11.7. The van der Waals surface area contributed by atoms with Crippen molar-refractivity contribution in [3.8, 4) is 11.1 Å². The summed E-state index contributed by atoms with van der Waals surface area (Å²) in [6.07, 6.45) is 3.40. The fraction of sp³-hybridized carbons (Fsp3) is 0.0588. The number of para-hydroxylation sites is 1. The summed E-state index contributed by atoms with van der Waals surface area (Å²) in [6.45, 7) is 0. The maximum absolute atomic E-state index is 4.44. The minimum atomic E-state index is 0.713. The number of anilines is 3.